The summed E-state index contributed by atoms with van der Waals surface area (Å²) in [5, 5.41) is 0. The lowest BCUT2D eigenvalue weighted by atomic mass is 9.85. The molecule has 2 N–H and O–H groups in total. The Kier molecular flexibility index (Phi) is 4.13. The topological polar surface area (TPSA) is 35.2 Å². The first-order chi connectivity index (χ1) is 7.49. The zero-order valence-corrected chi connectivity index (χ0v) is 10.6. The maximum absolute atomic E-state index is 5.44. The van der Waals surface area contributed by atoms with Crippen LogP contribution in [-0.2, 0) is 5.41 Å². The SMILES string of the molecule is COc1ccc(/C=C/CN)cc1C(C)(C)C. The Morgan fingerprint density at radius 3 is 2.50 bits per heavy atom. The zero-order valence-electron chi connectivity index (χ0n) is 10.6. The summed E-state index contributed by atoms with van der Waals surface area (Å²) in [6.45, 7) is 7.11. The number of benzene rings is 1. The number of rotatable bonds is 3. The molecule has 0 radical (unpaired) electrons. The first-order valence-corrected chi connectivity index (χ1v) is 5.54. The molecule has 1 aromatic carbocycles. The number of nitrogens with two attached hydrogens (primary N) is 1. The smallest absolute Gasteiger partial charge is 0.122 e. The third-order valence-electron chi connectivity index (χ3n) is 2.48. The van der Waals surface area contributed by atoms with Crippen molar-refractivity contribution in [3.8, 4) is 5.75 Å². The fourth-order valence-electron chi connectivity index (χ4n) is 1.62. The van der Waals surface area contributed by atoms with Crippen LogP contribution < -0.4 is 10.5 Å². The molecule has 0 saturated heterocycles. The Hall–Kier alpha value is -1.28. The number of methoxy groups -OCH3 is 1. The monoisotopic (exact) mass is 219 g/mol. The summed E-state index contributed by atoms with van der Waals surface area (Å²) >= 11 is 0. The van der Waals surface area contributed by atoms with Gasteiger partial charge in [-0.2, -0.15) is 0 Å². The van der Waals surface area contributed by atoms with Crippen LogP contribution in [0.5, 0.6) is 5.75 Å². The fraction of sp³-hybridized carbons (Fsp3) is 0.429. The van der Waals surface area contributed by atoms with E-state index in [1.165, 1.54) is 5.56 Å². The first-order valence-electron chi connectivity index (χ1n) is 5.54. The summed E-state index contributed by atoms with van der Waals surface area (Å²) in [7, 11) is 1.71. The number of hydrogen-bond acceptors (Lipinski definition) is 2. The van der Waals surface area contributed by atoms with Gasteiger partial charge in [0.2, 0.25) is 0 Å². The Balaban J connectivity index is 3.16. The van der Waals surface area contributed by atoms with Crippen LogP contribution in [0, 0.1) is 0 Å². The third-order valence-corrected chi connectivity index (χ3v) is 2.48. The van der Waals surface area contributed by atoms with E-state index in [0.717, 1.165) is 11.3 Å². The van der Waals surface area contributed by atoms with Gasteiger partial charge in [-0.15, -0.1) is 0 Å². The highest BCUT2D eigenvalue weighted by Gasteiger charge is 2.18. The van der Waals surface area contributed by atoms with Crippen LogP contribution in [0.2, 0.25) is 0 Å². The Morgan fingerprint density at radius 1 is 1.31 bits per heavy atom. The van der Waals surface area contributed by atoms with Gasteiger partial charge in [0.25, 0.3) is 0 Å². The van der Waals surface area contributed by atoms with Crippen molar-refractivity contribution in [2.75, 3.05) is 13.7 Å². The lowest BCUT2D eigenvalue weighted by Gasteiger charge is -2.22. The molecule has 88 valence electrons. The molecule has 2 heteroatoms. The molecule has 0 fully saturated rings. The Labute approximate surface area is 98.1 Å². The van der Waals surface area contributed by atoms with Crippen LogP contribution in [0.15, 0.2) is 24.3 Å². The molecule has 0 aliphatic rings. The molecule has 0 heterocycles. The average molecular weight is 219 g/mol. The van der Waals surface area contributed by atoms with E-state index in [0.29, 0.717) is 6.54 Å². The van der Waals surface area contributed by atoms with E-state index in [1.54, 1.807) is 7.11 Å². The number of ether oxygens (including phenoxy) is 1. The highest BCUT2D eigenvalue weighted by Crippen LogP contribution is 2.32. The van der Waals surface area contributed by atoms with Gasteiger partial charge < -0.3 is 10.5 Å². The molecular weight excluding hydrogens is 198 g/mol. The van der Waals surface area contributed by atoms with Gasteiger partial charge in [0.15, 0.2) is 0 Å². The molecule has 1 rings (SSSR count). The van der Waals surface area contributed by atoms with Crippen molar-refractivity contribution in [2.24, 2.45) is 5.73 Å². The second kappa shape index (κ2) is 5.17. The quantitative estimate of drug-likeness (QED) is 0.848. The van der Waals surface area contributed by atoms with Crippen molar-refractivity contribution in [2.45, 2.75) is 26.2 Å². The standard InChI is InChI=1S/C14H21NO/c1-14(2,3)12-10-11(6-5-9-15)7-8-13(12)16-4/h5-8,10H,9,15H2,1-4H3/b6-5+. The first kappa shape index (κ1) is 12.8. The van der Waals surface area contributed by atoms with Crippen LogP contribution in [0.3, 0.4) is 0 Å². The van der Waals surface area contributed by atoms with E-state index in [4.69, 9.17) is 10.5 Å². The van der Waals surface area contributed by atoms with Gasteiger partial charge in [-0.3, -0.25) is 0 Å². The van der Waals surface area contributed by atoms with Crippen molar-refractivity contribution in [1.82, 2.24) is 0 Å². The van der Waals surface area contributed by atoms with E-state index in [2.05, 4.69) is 26.8 Å². The second-order valence-electron chi connectivity index (χ2n) is 4.85. The van der Waals surface area contributed by atoms with Gasteiger partial charge in [0.1, 0.15) is 5.75 Å². The van der Waals surface area contributed by atoms with Gasteiger partial charge in [0, 0.05) is 12.1 Å². The van der Waals surface area contributed by atoms with Crippen LogP contribution in [0.25, 0.3) is 6.08 Å². The predicted octanol–water partition coefficient (Wildman–Crippen LogP) is 2.96. The molecule has 1 aromatic rings. The van der Waals surface area contributed by atoms with Crippen LogP contribution in [0.4, 0.5) is 0 Å². The molecular formula is C14H21NO. The molecule has 0 atom stereocenters. The Morgan fingerprint density at radius 2 is 2.00 bits per heavy atom. The molecule has 0 amide bonds. The van der Waals surface area contributed by atoms with E-state index in [-0.39, 0.29) is 5.41 Å². The normalized spacial score (nSPS) is 12.1. The van der Waals surface area contributed by atoms with Crippen molar-refractivity contribution < 1.29 is 4.74 Å². The summed E-state index contributed by atoms with van der Waals surface area (Å²) in [6, 6.07) is 6.21. The van der Waals surface area contributed by atoms with E-state index in [9.17, 15) is 0 Å². The minimum atomic E-state index is 0.0813. The predicted molar refractivity (Wildman–Crippen MR) is 69.8 cm³/mol. The lowest BCUT2D eigenvalue weighted by molar-refractivity contribution is 0.397. The van der Waals surface area contributed by atoms with E-state index in [1.807, 2.05) is 24.3 Å². The van der Waals surface area contributed by atoms with Gasteiger partial charge in [-0.1, -0.05) is 39.0 Å². The summed E-state index contributed by atoms with van der Waals surface area (Å²) in [5.41, 5.74) is 7.91. The molecule has 0 aromatic heterocycles. The minimum absolute atomic E-state index is 0.0813. The molecule has 0 aliphatic heterocycles. The van der Waals surface area contributed by atoms with Crippen LogP contribution in [0.1, 0.15) is 31.9 Å². The molecule has 0 bridgehead atoms. The minimum Gasteiger partial charge on any atom is -0.496 e. The Bertz CT molecular complexity index is 375. The largest absolute Gasteiger partial charge is 0.496 e. The number of hydrogen-bond donors (Lipinski definition) is 1. The molecule has 2 nitrogen and oxygen atoms in total. The van der Waals surface area contributed by atoms with Gasteiger partial charge >= 0.3 is 0 Å². The zero-order chi connectivity index (χ0) is 12.2. The third kappa shape index (κ3) is 3.11. The van der Waals surface area contributed by atoms with Crippen LogP contribution >= 0.6 is 0 Å². The summed E-state index contributed by atoms with van der Waals surface area (Å²) in [4.78, 5) is 0. The van der Waals surface area contributed by atoms with Gasteiger partial charge in [-0.05, 0) is 23.1 Å². The molecule has 0 aliphatic carbocycles. The maximum atomic E-state index is 5.44. The maximum Gasteiger partial charge on any atom is 0.122 e. The molecule has 16 heavy (non-hydrogen) atoms. The molecule has 0 saturated carbocycles. The second-order valence-corrected chi connectivity index (χ2v) is 4.85. The van der Waals surface area contributed by atoms with E-state index < -0.39 is 0 Å². The van der Waals surface area contributed by atoms with Gasteiger partial charge in [-0.25, -0.2) is 0 Å². The highest BCUT2D eigenvalue weighted by molar-refractivity contribution is 5.54. The highest BCUT2D eigenvalue weighted by atomic mass is 16.5. The average Bonchev–Trinajstić information content (AvgIpc) is 2.24. The summed E-state index contributed by atoms with van der Waals surface area (Å²) in [6.07, 6.45) is 3.99. The lowest BCUT2D eigenvalue weighted by Crippen LogP contribution is -2.13. The fourth-order valence-corrected chi connectivity index (χ4v) is 1.62. The summed E-state index contributed by atoms with van der Waals surface area (Å²) < 4.78 is 5.38. The van der Waals surface area contributed by atoms with E-state index >= 15 is 0 Å². The van der Waals surface area contributed by atoms with Crippen molar-refractivity contribution >= 4 is 6.08 Å². The van der Waals surface area contributed by atoms with Crippen molar-refractivity contribution in [1.29, 1.82) is 0 Å². The van der Waals surface area contributed by atoms with Crippen molar-refractivity contribution in [3.05, 3.63) is 35.4 Å². The van der Waals surface area contributed by atoms with Crippen LogP contribution in [-0.4, -0.2) is 13.7 Å². The van der Waals surface area contributed by atoms with Gasteiger partial charge in [0.05, 0.1) is 7.11 Å². The molecule has 0 spiro atoms. The molecule has 0 unspecified atom stereocenters. The van der Waals surface area contributed by atoms with Crippen molar-refractivity contribution in [3.63, 3.8) is 0 Å². The summed E-state index contributed by atoms with van der Waals surface area (Å²) in [5.74, 6) is 0.942.